The topological polar surface area (TPSA) is 35.6 Å². The zero-order valence-corrected chi connectivity index (χ0v) is 10.7. The average molecular weight is 243 g/mol. The summed E-state index contributed by atoms with van der Waals surface area (Å²) in [6.07, 6.45) is -0.0355. The van der Waals surface area contributed by atoms with Gasteiger partial charge in [0.15, 0.2) is 0 Å². The molecule has 0 aliphatic carbocycles. The zero-order chi connectivity index (χ0) is 12.4. The van der Waals surface area contributed by atoms with Crippen LogP contribution in [-0.4, -0.2) is 60.8 Å². The van der Waals surface area contributed by atoms with Crippen LogP contribution in [0.4, 0.5) is 9.18 Å². The van der Waals surface area contributed by atoms with Crippen LogP contribution in [-0.2, 0) is 0 Å². The second-order valence-corrected chi connectivity index (χ2v) is 5.43. The molecule has 2 aliphatic rings. The van der Waals surface area contributed by atoms with Gasteiger partial charge in [0.05, 0.1) is 6.04 Å². The monoisotopic (exact) mass is 243 g/mol. The number of urea groups is 1. The Morgan fingerprint density at radius 3 is 2.71 bits per heavy atom. The smallest absolute Gasteiger partial charge is 0.317 e. The number of hydrogen-bond donors (Lipinski definition) is 1. The summed E-state index contributed by atoms with van der Waals surface area (Å²) in [6.45, 7) is 7.86. The lowest BCUT2D eigenvalue weighted by Crippen LogP contribution is -2.36. The Bertz CT molecular complexity index is 285. The highest BCUT2D eigenvalue weighted by atomic mass is 19.1. The van der Waals surface area contributed by atoms with Crippen molar-refractivity contribution in [3.8, 4) is 0 Å². The largest absolute Gasteiger partial charge is 0.333 e. The van der Waals surface area contributed by atoms with Gasteiger partial charge in [-0.3, -0.25) is 4.90 Å². The van der Waals surface area contributed by atoms with Crippen molar-refractivity contribution >= 4 is 6.03 Å². The van der Waals surface area contributed by atoms with E-state index in [2.05, 4.69) is 24.1 Å². The van der Waals surface area contributed by atoms with Crippen LogP contribution in [0.3, 0.4) is 0 Å². The fourth-order valence-corrected chi connectivity index (χ4v) is 2.44. The van der Waals surface area contributed by atoms with Crippen LogP contribution < -0.4 is 5.32 Å². The molecule has 2 aliphatic heterocycles. The van der Waals surface area contributed by atoms with Gasteiger partial charge >= 0.3 is 6.03 Å². The van der Waals surface area contributed by atoms with Gasteiger partial charge in [-0.2, -0.15) is 0 Å². The molecule has 0 aromatic heterocycles. The number of carbonyl (C=O) groups excluding carboxylic acids is 1. The van der Waals surface area contributed by atoms with E-state index in [0.717, 1.165) is 19.6 Å². The molecule has 2 unspecified atom stereocenters. The lowest BCUT2D eigenvalue weighted by atomic mass is 10.1. The quantitative estimate of drug-likeness (QED) is 0.802. The van der Waals surface area contributed by atoms with E-state index in [9.17, 15) is 9.18 Å². The summed E-state index contributed by atoms with van der Waals surface area (Å²) >= 11 is 0. The maximum absolute atomic E-state index is 13.0. The molecular weight excluding hydrogens is 221 g/mol. The minimum Gasteiger partial charge on any atom is -0.333 e. The van der Waals surface area contributed by atoms with Crippen LogP contribution in [0.5, 0.6) is 0 Å². The molecule has 2 atom stereocenters. The fourth-order valence-electron chi connectivity index (χ4n) is 2.44. The number of nitrogens with one attached hydrogen (secondary N) is 1. The molecule has 0 radical (unpaired) electrons. The molecule has 2 amide bonds. The molecule has 17 heavy (non-hydrogen) atoms. The second-order valence-electron chi connectivity index (χ2n) is 5.43. The molecule has 98 valence electrons. The van der Waals surface area contributed by atoms with Gasteiger partial charge < -0.3 is 10.2 Å². The van der Waals surface area contributed by atoms with Crippen molar-refractivity contribution in [2.75, 3.05) is 32.7 Å². The zero-order valence-electron chi connectivity index (χ0n) is 10.7. The number of nitrogens with zero attached hydrogens (tertiary/aromatic N) is 2. The van der Waals surface area contributed by atoms with Crippen molar-refractivity contribution in [1.82, 2.24) is 15.1 Å². The van der Waals surface area contributed by atoms with Crippen molar-refractivity contribution in [2.24, 2.45) is 5.92 Å². The van der Waals surface area contributed by atoms with Crippen LogP contribution in [0, 0.1) is 5.92 Å². The molecule has 0 aromatic carbocycles. The summed E-state index contributed by atoms with van der Waals surface area (Å²) in [5.74, 6) is 0.464. The van der Waals surface area contributed by atoms with Crippen molar-refractivity contribution in [1.29, 1.82) is 0 Å². The minimum atomic E-state index is -0.675. The van der Waals surface area contributed by atoms with Gasteiger partial charge in [0.1, 0.15) is 6.17 Å². The van der Waals surface area contributed by atoms with Crippen LogP contribution in [0.2, 0.25) is 0 Å². The molecule has 2 rings (SSSR count). The molecular formula is C12H22FN3O. The van der Waals surface area contributed by atoms with Crippen LogP contribution in [0.1, 0.15) is 20.3 Å². The molecule has 1 N–H and O–H groups in total. The summed E-state index contributed by atoms with van der Waals surface area (Å²) < 4.78 is 13.0. The van der Waals surface area contributed by atoms with E-state index in [1.165, 1.54) is 0 Å². The van der Waals surface area contributed by atoms with Gasteiger partial charge in [-0.15, -0.1) is 0 Å². The maximum atomic E-state index is 13.0. The van der Waals surface area contributed by atoms with E-state index < -0.39 is 6.17 Å². The first kappa shape index (κ1) is 12.6. The molecule has 0 aromatic rings. The summed E-state index contributed by atoms with van der Waals surface area (Å²) in [5, 5.41) is 2.98. The first-order valence-corrected chi connectivity index (χ1v) is 6.48. The second kappa shape index (κ2) is 5.21. The molecule has 2 saturated heterocycles. The van der Waals surface area contributed by atoms with E-state index >= 15 is 0 Å². The number of amides is 2. The maximum Gasteiger partial charge on any atom is 0.317 e. The van der Waals surface area contributed by atoms with E-state index in [4.69, 9.17) is 0 Å². The Kier molecular flexibility index (Phi) is 3.86. The lowest BCUT2D eigenvalue weighted by molar-refractivity contribution is 0.205. The first-order chi connectivity index (χ1) is 8.06. The predicted octanol–water partition coefficient (Wildman–Crippen LogP) is 1.08. The highest BCUT2D eigenvalue weighted by molar-refractivity contribution is 5.76. The first-order valence-electron chi connectivity index (χ1n) is 6.48. The number of halogens is 1. The lowest BCUT2D eigenvalue weighted by Gasteiger charge is -2.20. The normalized spacial score (nSPS) is 30.4. The molecule has 2 fully saturated rings. The van der Waals surface area contributed by atoms with E-state index in [1.807, 2.05) is 4.90 Å². The van der Waals surface area contributed by atoms with Gasteiger partial charge in [0.2, 0.25) is 0 Å². The number of likely N-dealkylation sites (tertiary alicyclic amines) is 1. The van der Waals surface area contributed by atoms with Crippen molar-refractivity contribution in [3.63, 3.8) is 0 Å². The number of alkyl halides is 1. The van der Waals surface area contributed by atoms with Gasteiger partial charge in [0, 0.05) is 32.7 Å². The average Bonchev–Trinajstić information content (AvgIpc) is 2.82. The van der Waals surface area contributed by atoms with Crippen LogP contribution in [0.15, 0.2) is 0 Å². The third-order valence-electron chi connectivity index (χ3n) is 3.72. The summed E-state index contributed by atoms with van der Waals surface area (Å²) in [4.78, 5) is 15.6. The highest BCUT2D eigenvalue weighted by Gasteiger charge is 2.31. The summed E-state index contributed by atoms with van der Waals surface area (Å²) in [5.41, 5.74) is 0. The Balaban J connectivity index is 1.74. The van der Waals surface area contributed by atoms with Gasteiger partial charge in [0.25, 0.3) is 0 Å². The van der Waals surface area contributed by atoms with Crippen molar-refractivity contribution in [2.45, 2.75) is 32.5 Å². The standard InChI is InChI=1S/C12H22FN3O/c1-9(2)11-8-16(12(17)14-11)6-5-15-4-3-10(13)7-15/h9-11H,3-8H2,1-2H3,(H,14,17). The summed E-state index contributed by atoms with van der Waals surface area (Å²) in [7, 11) is 0. The van der Waals surface area contributed by atoms with Crippen molar-refractivity contribution in [3.05, 3.63) is 0 Å². The number of hydrogen-bond acceptors (Lipinski definition) is 2. The Hall–Kier alpha value is -0.840. The van der Waals surface area contributed by atoms with E-state index in [0.29, 0.717) is 25.4 Å². The predicted molar refractivity (Wildman–Crippen MR) is 64.7 cm³/mol. The Morgan fingerprint density at radius 1 is 1.41 bits per heavy atom. The SMILES string of the molecule is CC(C)C1CN(CCN2CCC(F)C2)C(=O)N1. The Labute approximate surface area is 102 Å². The van der Waals surface area contributed by atoms with E-state index in [1.54, 1.807) is 0 Å². The van der Waals surface area contributed by atoms with E-state index in [-0.39, 0.29) is 12.1 Å². The van der Waals surface area contributed by atoms with Crippen LogP contribution >= 0.6 is 0 Å². The highest BCUT2D eigenvalue weighted by Crippen LogP contribution is 2.14. The van der Waals surface area contributed by atoms with Gasteiger partial charge in [-0.1, -0.05) is 13.8 Å². The molecule has 5 heteroatoms. The van der Waals surface area contributed by atoms with Crippen LogP contribution in [0.25, 0.3) is 0 Å². The molecule has 0 spiro atoms. The minimum absolute atomic E-state index is 0.0275. The third kappa shape index (κ3) is 3.09. The molecule has 4 nitrogen and oxygen atoms in total. The Morgan fingerprint density at radius 2 is 2.18 bits per heavy atom. The molecule has 2 heterocycles. The molecule has 0 bridgehead atoms. The fraction of sp³-hybridized carbons (Fsp3) is 0.917. The van der Waals surface area contributed by atoms with Gasteiger partial charge in [-0.25, -0.2) is 9.18 Å². The molecule has 0 saturated carbocycles. The third-order valence-corrected chi connectivity index (χ3v) is 3.72. The van der Waals surface area contributed by atoms with Crippen molar-refractivity contribution < 1.29 is 9.18 Å². The number of carbonyl (C=O) groups is 1. The van der Waals surface area contributed by atoms with Gasteiger partial charge in [-0.05, 0) is 12.3 Å². The number of rotatable bonds is 4. The summed E-state index contributed by atoms with van der Waals surface area (Å²) in [6, 6.07) is 0.287.